The first-order valence-electron chi connectivity index (χ1n) is 5.98. The number of rotatable bonds is 5. The number of hydrogen-bond acceptors (Lipinski definition) is 3. The lowest BCUT2D eigenvalue weighted by Gasteiger charge is -2.09. The Hall–Kier alpha value is -1.87. The van der Waals surface area contributed by atoms with E-state index in [-0.39, 0.29) is 0 Å². The Labute approximate surface area is 107 Å². The molecule has 0 spiro atoms. The van der Waals surface area contributed by atoms with Gasteiger partial charge in [-0.3, -0.25) is 4.79 Å². The molecule has 0 aliphatic heterocycles. The molecule has 1 aromatic carbocycles. The second-order valence-electron chi connectivity index (χ2n) is 4.57. The summed E-state index contributed by atoms with van der Waals surface area (Å²) in [5.74, 6) is 1.10. The molecule has 0 fully saturated rings. The predicted octanol–water partition coefficient (Wildman–Crippen LogP) is 2.86. The summed E-state index contributed by atoms with van der Waals surface area (Å²) in [6, 6.07) is 11.8. The molecule has 18 heavy (non-hydrogen) atoms. The molecule has 0 bridgehead atoms. The van der Waals surface area contributed by atoms with Gasteiger partial charge in [0.05, 0.1) is 0 Å². The fourth-order valence-corrected chi connectivity index (χ4v) is 1.76. The van der Waals surface area contributed by atoms with Crippen molar-refractivity contribution in [1.82, 2.24) is 4.90 Å². The molecule has 0 saturated heterocycles. The zero-order valence-corrected chi connectivity index (χ0v) is 10.7. The molecule has 0 amide bonds. The molecule has 2 aromatic rings. The predicted molar refractivity (Wildman–Crippen MR) is 71.8 cm³/mol. The molecule has 0 atom stereocenters. The summed E-state index contributed by atoms with van der Waals surface area (Å²) in [5, 5.41) is 0. The topological polar surface area (TPSA) is 33.5 Å². The molecule has 2 rings (SSSR count). The van der Waals surface area contributed by atoms with Crippen LogP contribution in [0, 0.1) is 0 Å². The molecule has 1 aromatic heterocycles. The Balaban J connectivity index is 2.09. The summed E-state index contributed by atoms with van der Waals surface area (Å²) in [7, 11) is 4.14. The van der Waals surface area contributed by atoms with E-state index >= 15 is 0 Å². The van der Waals surface area contributed by atoms with Crippen molar-refractivity contribution in [3.8, 4) is 11.3 Å². The van der Waals surface area contributed by atoms with Crippen LogP contribution in [-0.2, 0) is 6.42 Å². The molecule has 1 heterocycles. The SMILES string of the molecule is CN(C)CCc1ccc(-c2ccc(C=O)o2)cc1. The van der Waals surface area contributed by atoms with Crippen LogP contribution in [0.5, 0.6) is 0 Å². The summed E-state index contributed by atoms with van der Waals surface area (Å²) in [4.78, 5) is 12.7. The highest BCUT2D eigenvalue weighted by Crippen LogP contribution is 2.22. The summed E-state index contributed by atoms with van der Waals surface area (Å²) < 4.78 is 5.38. The number of likely N-dealkylation sites (N-methyl/N-ethyl adjacent to an activating group) is 1. The second kappa shape index (κ2) is 5.65. The van der Waals surface area contributed by atoms with Crippen LogP contribution in [0.4, 0.5) is 0 Å². The number of furan rings is 1. The standard InChI is InChI=1S/C15H17NO2/c1-16(2)10-9-12-3-5-13(6-4-12)15-8-7-14(11-17)18-15/h3-8,11H,9-10H2,1-2H3. The molecule has 0 radical (unpaired) electrons. The van der Waals surface area contributed by atoms with Crippen molar-refractivity contribution in [2.75, 3.05) is 20.6 Å². The normalized spacial score (nSPS) is 10.8. The van der Waals surface area contributed by atoms with Gasteiger partial charge in [0.25, 0.3) is 0 Å². The molecule has 3 nitrogen and oxygen atoms in total. The fourth-order valence-electron chi connectivity index (χ4n) is 1.76. The minimum absolute atomic E-state index is 0.363. The van der Waals surface area contributed by atoms with Gasteiger partial charge in [0.1, 0.15) is 5.76 Å². The number of nitrogens with zero attached hydrogens (tertiary/aromatic N) is 1. The molecule has 0 N–H and O–H groups in total. The molecule has 0 aliphatic carbocycles. The first kappa shape index (κ1) is 12.6. The van der Waals surface area contributed by atoms with Crippen molar-refractivity contribution in [1.29, 1.82) is 0 Å². The first-order valence-corrected chi connectivity index (χ1v) is 5.98. The van der Waals surface area contributed by atoms with Gasteiger partial charge in [-0.05, 0) is 38.2 Å². The zero-order chi connectivity index (χ0) is 13.0. The van der Waals surface area contributed by atoms with E-state index in [4.69, 9.17) is 4.42 Å². The highest BCUT2D eigenvalue weighted by Gasteiger charge is 2.04. The fraction of sp³-hybridized carbons (Fsp3) is 0.267. The van der Waals surface area contributed by atoms with Crippen LogP contribution in [0.1, 0.15) is 16.1 Å². The van der Waals surface area contributed by atoms with Crippen LogP contribution in [0.2, 0.25) is 0 Å². The maximum Gasteiger partial charge on any atom is 0.185 e. The minimum atomic E-state index is 0.363. The summed E-state index contributed by atoms with van der Waals surface area (Å²) in [6.45, 7) is 1.04. The maximum absolute atomic E-state index is 10.6. The van der Waals surface area contributed by atoms with Crippen LogP contribution in [-0.4, -0.2) is 31.8 Å². The van der Waals surface area contributed by atoms with E-state index in [0.29, 0.717) is 5.76 Å². The third kappa shape index (κ3) is 3.08. The van der Waals surface area contributed by atoms with E-state index in [0.717, 1.165) is 30.6 Å². The lowest BCUT2D eigenvalue weighted by atomic mass is 10.1. The van der Waals surface area contributed by atoms with Crippen LogP contribution >= 0.6 is 0 Å². The highest BCUT2D eigenvalue weighted by atomic mass is 16.3. The first-order chi connectivity index (χ1) is 8.69. The van der Waals surface area contributed by atoms with Crippen LogP contribution in [0.15, 0.2) is 40.8 Å². The molecular formula is C15H17NO2. The van der Waals surface area contributed by atoms with Gasteiger partial charge in [0.15, 0.2) is 12.0 Å². The lowest BCUT2D eigenvalue weighted by molar-refractivity contribution is 0.110. The molecule has 0 aliphatic rings. The van der Waals surface area contributed by atoms with Gasteiger partial charge in [-0.25, -0.2) is 0 Å². The van der Waals surface area contributed by atoms with Crippen LogP contribution < -0.4 is 0 Å². The monoisotopic (exact) mass is 243 g/mol. The van der Waals surface area contributed by atoms with Crippen molar-refractivity contribution in [3.63, 3.8) is 0 Å². The summed E-state index contributed by atoms with van der Waals surface area (Å²) in [5.41, 5.74) is 2.30. The average molecular weight is 243 g/mol. The Bertz CT molecular complexity index is 512. The van der Waals surface area contributed by atoms with Gasteiger partial charge in [-0.1, -0.05) is 24.3 Å². The number of carbonyl (C=O) groups excluding carboxylic acids is 1. The van der Waals surface area contributed by atoms with Crippen molar-refractivity contribution in [2.24, 2.45) is 0 Å². The average Bonchev–Trinajstić information content (AvgIpc) is 2.85. The Morgan fingerprint density at radius 2 is 1.83 bits per heavy atom. The van der Waals surface area contributed by atoms with E-state index in [9.17, 15) is 4.79 Å². The third-order valence-electron chi connectivity index (χ3n) is 2.83. The second-order valence-corrected chi connectivity index (χ2v) is 4.57. The van der Waals surface area contributed by atoms with E-state index in [1.807, 2.05) is 18.2 Å². The molecule has 94 valence electrons. The van der Waals surface area contributed by atoms with E-state index < -0.39 is 0 Å². The quantitative estimate of drug-likeness (QED) is 0.757. The molecular weight excluding hydrogens is 226 g/mol. The maximum atomic E-state index is 10.6. The lowest BCUT2D eigenvalue weighted by Crippen LogP contribution is -2.14. The highest BCUT2D eigenvalue weighted by molar-refractivity contribution is 5.72. The van der Waals surface area contributed by atoms with Gasteiger partial charge >= 0.3 is 0 Å². The van der Waals surface area contributed by atoms with E-state index in [1.54, 1.807) is 6.07 Å². The van der Waals surface area contributed by atoms with Crippen molar-refractivity contribution >= 4 is 6.29 Å². The van der Waals surface area contributed by atoms with Gasteiger partial charge in [0.2, 0.25) is 0 Å². The van der Waals surface area contributed by atoms with Crippen molar-refractivity contribution in [2.45, 2.75) is 6.42 Å². The zero-order valence-electron chi connectivity index (χ0n) is 10.7. The minimum Gasteiger partial charge on any atom is -0.453 e. The molecule has 0 unspecified atom stereocenters. The van der Waals surface area contributed by atoms with Crippen molar-refractivity contribution < 1.29 is 9.21 Å². The largest absolute Gasteiger partial charge is 0.453 e. The Kier molecular flexibility index (Phi) is 3.95. The van der Waals surface area contributed by atoms with E-state index in [2.05, 4.69) is 31.1 Å². The van der Waals surface area contributed by atoms with Crippen LogP contribution in [0.25, 0.3) is 11.3 Å². The number of benzene rings is 1. The molecule has 3 heteroatoms. The smallest absolute Gasteiger partial charge is 0.185 e. The summed E-state index contributed by atoms with van der Waals surface area (Å²) in [6.07, 6.45) is 1.75. The number of aldehydes is 1. The van der Waals surface area contributed by atoms with Gasteiger partial charge in [0, 0.05) is 12.1 Å². The third-order valence-corrected chi connectivity index (χ3v) is 2.83. The van der Waals surface area contributed by atoms with Gasteiger partial charge in [-0.2, -0.15) is 0 Å². The summed E-state index contributed by atoms with van der Waals surface area (Å²) >= 11 is 0. The Morgan fingerprint density at radius 3 is 2.39 bits per heavy atom. The Morgan fingerprint density at radius 1 is 1.11 bits per heavy atom. The number of hydrogen-bond donors (Lipinski definition) is 0. The van der Waals surface area contributed by atoms with Gasteiger partial charge < -0.3 is 9.32 Å². The number of carbonyl (C=O) groups is 1. The van der Waals surface area contributed by atoms with Crippen LogP contribution in [0.3, 0.4) is 0 Å². The van der Waals surface area contributed by atoms with Crippen molar-refractivity contribution in [3.05, 3.63) is 47.7 Å². The van der Waals surface area contributed by atoms with Gasteiger partial charge in [-0.15, -0.1) is 0 Å². The molecule has 0 saturated carbocycles. The van der Waals surface area contributed by atoms with E-state index in [1.165, 1.54) is 5.56 Å².